The third-order valence-corrected chi connectivity index (χ3v) is 3.27. The molecule has 0 aliphatic heterocycles. The molecule has 2 aromatic carbocycles. The van der Waals surface area contributed by atoms with Gasteiger partial charge in [0, 0.05) is 12.7 Å². The molecular weight excluding hydrogens is 272 g/mol. The van der Waals surface area contributed by atoms with E-state index in [0.29, 0.717) is 17.2 Å². The van der Waals surface area contributed by atoms with E-state index in [-0.39, 0.29) is 0 Å². The van der Waals surface area contributed by atoms with Crippen molar-refractivity contribution in [2.75, 3.05) is 25.1 Å². The van der Waals surface area contributed by atoms with Crippen LogP contribution in [0, 0.1) is 11.3 Å². The van der Waals surface area contributed by atoms with Crippen LogP contribution < -0.4 is 9.64 Å². The maximum atomic E-state index is 8.85. The lowest BCUT2D eigenvalue weighted by Gasteiger charge is -2.20. The van der Waals surface area contributed by atoms with Gasteiger partial charge in [-0.05, 0) is 30.3 Å². The molecule has 0 aliphatic carbocycles. The summed E-state index contributed by atoms with van der Waals surface area (Å²) >= 11 is 6.02. The van der Waals surface area contributed by atoms with Gasteiger partial charge in [-0.1, -0.05) is 29.8 Å². The Morgan fingerprint density at radius 1 is 1.20 bits per heavy atom. The number of hydrogen-bond donors (Lipinski definition) is 0. The van der Waals surface area contributed by atoms with E-state index in [1.54, 1.807) is 12.1 Å². The molecule has 20 heavy (non-hydrogen) atoms. The summed E-state index contributed by atoms with van der Waals surface area (Å²) in [6, 6.07) is 17.2. The largest absolute Gasteiger partial charge is 0.492 e. The Bertz CT molecular complexity index is 608. The van der Waals surface area contributed by atoms with Crippen LogP contribution in [0.5, 0.6) is 5.75 Å². The molecule has 0 aliphatic rings. The molecule has 0 aromatic heterocycles. The number of benzene rings is 2. The molecule has 0 atom stereocenters. The average molecular weight is 287 g/mol. The van der Waals surface area contributed by atoms with Crippen molar-refractivity contribution >= 4 is 17.3 Å². The molecule has 0 amide bonds. The number of nitrogens with zero attached hydrogens (tertiary/aromatic N) is 2. The number of para-hydroxylation sites is 1. The van der Waals surface area contributed by atoms with Crippen LogP contribution in [0.15, 0.2) is 48.5 Å². The van der Waals surface area contributed by atoms with Gasteiger partial charge in [-0.15, -0.1) is 0 Å². The van der Waals surface area contributed by atoms with E-state index in [1.807, 2.05) is 48.3 Å². The number of rotatable bonds is 5. The average Bonchev–Trinajstić information content (AvgIpc) is 2.48. The van der Waals surface area contributed by atoms with Crippen LogP contribution in [-0.4, -0.2) is 20.2 Å². The summed E-state index contributed by atoms with van der Waals surface area (Å²) in [7, 11) is 1.96. The third kappa shape index (κ3) is 3.66. The summed E-state index contributed by atoms with van der Waals surface area (Å²) in [6.07, 6.45) is 0. The third-order valence-electron chi connectivity index (χ3n) is 2.95. The lowest BCUT2D eigenvalue weighted by molar-refractivity contribution is 0.326. The van der Waals surface area contributed by atoms with Crippen molar-refractivity contribution in [1.29, 1.82) is 5.26 Å². The Morgan fingerprint density at radius 2 is 1.95 bits per heavy atom. The highest BCUT2D eigenvalue weighted by atomic mass is 35.5. The second-order valence-corrected chi connectivity index (χ2v) is 4.77. The first-order chi connectivity index (χ1) is 9.70. The summed E-state index contributed by atoms with van der Waals surface area (Å²) in [4.78, 5) is 2.04. The highest BCUT2D eigenvalue weighted by molar-refractivity contribution is 6.32. The smallest absolute Gasteiger partial charge is 0.119 e. The van der Waals surface area contributed by atoms with E-state index in [9.17, 15) is 0 Å². The van der Waals surface area contributed by atoms with Crippen molar-refractivity contribution in [2.45, 2.75) is 0 Å². The van der Waals surface area contributed by atoms with E-state index < -0.39 is 0 Å². The molecule has 2 aromatic rings. The second-order valence-electron chi connectivity index (χ2n) is 4.36. The van der Waals surface area contributed by atoms with Gasteiger partial charge in [-0.25, -0.2) is 0 Å². The van der Waals surface area contributed by atoms with Crippen LogP contribution in [0.2, 0.25) is 5.02 Å². The van der Waals surface area contributed by atoms with Crippen LogP contribution in [0.4, 0.5) is 5.69 Å². The Hall–Kier alpha value is -2.18. The van der Waals surface area contributed by atoms with E-state index in [4.69, 9.17) is 21.6 Å². The first kappa shape index (κ1) is 14.2. The van der Waals surface area contributed by atoms with Gasteiger partial charge in [0.1, 0.15) is 18.4 Å². The van der Waals surface area contributed by atoms with Gasteiger partial charge in [0.05, 0.1) is 17.1 Å². The van der Waals surface area contributed by atoms with Crippen molar-refractivity contribution in [3.63, 3.8) is 0 Å². The minimum Gasteiger partial charge on any atom is -0.492 e. The highest BCUT2D eigenvalue weighted by Gasteiger charge is 2.05. The summed E-state index contributed by atoms with van der Waals surface area (Å²) in [5, 5.41) is 9.32. The maximum absolute atomic E-state index is 8.85. The molecule has 102 valence electrons. The topological polar surface area (TPSA) is 36.3 Å². The Balaban J connectivity index is 1.90. The molecule has 2 rings (SSSR count). The highest BCUT2D eigenvalue weighted by Crippen LogP contribution is 2.22. The zero-order valence-corrected chi connectivity index (χ0v) is 12.0. The van der Waals surface area contributed by atoms with Crippen molar-refractivity contribution in [1.82, 2.24) is 0 Å². The molecule has 0 heterocycles. The standard InChI is InChI=1S/C16H15ClN2O/c1-19(9-10-20-15-5-3-2-4-6-15)14-8-7-13(12-18)16(17)11-14/h2-8,11H,9-10H2,1H3. The number of hydrogen-bond acceptors (Lipinski definition) is 3. The quantitative estimate of drug-likeness (QED) is 0.840. The first-order valence-electron chi connectivity index (χ1n) is 6.29. The molecule has 0 radical (unpaired) electrons. The number of ether oxygens (including phenoxy) is 1. The lowest BCUT2D eigenvalue weighted by Crippen LogP contribution is -2.23. The summed E-state index contributed by atoms with van der Waals surface area (Å²) in [5.41, 5.74) is 1.45. The second kappa shape index (κ2) is 6.83. The Labute approximate surface area is 124 Å². The summed E-state index contributed by atoms with van der Waals surface area (Å²) in [6.45, 7) is 1.31. The van der Waals surface area contributed by atoms with E-state index in [0.717, 1.165) is 18.0 Å². The zero-order chi connectivity index (χ0) is 14.4. The molecule has 0 N–H and O–H groups in total. The fraction of sp³-hybridized carbons (Fsp3) is 0.188. The Morgan fingerprint density at radius 3 is 2.60 bits per heavy atom. The Kier molecular flexibility index (Phi) is 4.86. The minimum absolute atomic E-state index is 0.473. The van der Waals surface area contributed by atoms with Gasteiger partial charge in [-0.3, -0.25) is 0 Å². The molecule has 3 nitrogen and oxygen atoms in total. The molecule has 0 bridgehead atoms. The van der Waals surface area contributed by atoms with Gasteiger partial charge in [-0.2, -0.15) is 5.26 Å². The molecule has 0 unspecified atom stereocenters. The predicted molar refractivity (Wildman–Crippen MR) is 81.4 cm³/mol. The normalized spacial score (nSPS) is 9.85. The van der Waals surface area contributed by atoms with Crippen LogP contribution in [-0.2, 0) is 0 Å². The fourth-order valence-corrected chi connectivity index (χ4v) is 2.00. The SMILES string of the molecule is CN(CCOc1ccccc1)c1ccc(C#N)c(Cl)c1. The monoisotopic (exact) mass is 286 g/mol. The minimum atomic E-state index is 0.473. The van der Waals surface area contributed by atoms with Gasteiger partial charge in [0.2, 0.25) is 0 Å². The van der Waals surface area contributed by atoms with E-state index >= 15 is 0 Å². The molecule has 4 heteroatoms. The van der Waals surface area contributed by atoms with Crippen LogP contribution in [0.3, 0.4) is 0 Å². The van der Waals surface area contributed by atoms with Crippen molar-refractivity contribution < 1.29 is 4.74 Å². The van der Waals surface area contributed by atoms with Gasteiger partial charge in [0.15, 0.2) is 0 Å². The van der Waals surface area contributed by atoms with Gasteiger partial charge < -0.3 is 9.64 Å². The zero-order valence-electron chi connectivity index (χ0n) is 11.2. The van der Waals surface area contributed by atoms with Gasteiger partial charge >= 0.3 is 0 Å². The van der Waals surface area contributed by atoms with Crippen molar-refractivity contribution in [3.05, 3.63) is 59.1 Å². The molecule has 0 saturated heterocycles. The van der Waals surface area contributed by atoms with Crippen molar-refractivity contribution in [2.24, 2.45) is 0 Å². The van der Waals surface area contributed by atoms with Crippen LogP contribution >= 0.6 is 11.6 Å². The van der Waals surface area contributed by atoms with Crippen LogP contribution in [0.1, 0.15) is 5.56 Å². The lowest BCUT2D eigenvalue weighted by atomic mass is 10.2. The van der Waals surface area contributed by atoms with E-state index in [1.165, 1.54) is 0 Å². The van der Waals surface area contributed by atoms with Gasteiger partial charge in [0.25, 0.3) is 0 Å². The predicted octanol–water partition coefficient (Wildman–Crippen LogP) is 3.73. The number of likely N-dealkylation sites (N-methyl/N-ethyl adjacent to an activating group) is 1. The number of nitriles is 1. The van der Waals surface area contributed by atoms with E-state index in [2.05, 4.69) is 6.07 Å². The first-order valence-corrected chi connectivity index (χ1v) is 6.67. The summed E-state index contributed by atoms with van der Waals surface area (Å²) in [5.74, 6) is 0.860. The molecule has 0 saturated carbocycles. The maximum Gasteiger partial charge on any atom is 0.119 e. The summed E-state index contributed by atoms with van der Waals surface area (Å²) < 4.78 is 5.65. The fourth-order valence-electron chi connectivity index (χ4n) is 1.78. The molecule has 0 spiro atoms. The number of halogens is 1. The number of anilines is 1. The molecular formula is C16H15ClN2O. The van der Waals surface area contributed by atoms with Crippen molar-refractivity contribution in [3.8, 4) is 11.8 Å². The molecule has 0 fully saturated rings. The van der Waals surface area contributed by atoms with Crippen LogP contribution in [0.25, 0.3) is 0 Å².